The molecule has 108 valence electrons. The fraction of sp³-hybridized carbons (Fsp3) is 0.571. The first kappa shape index (κ1) is 14.1. The Labute approximate surface area is 131 Å². The Morgan fingerprint density at radius 2 is 2.30 bits per heavy atom. The van der Waals surface area contributed by atoms with Crippen molar-refractivity contribution in [2.45, 2.75) is 39.7 Å². The lowest BCUT2D eigenvalue weighted by atomic mass is 9.91. The highest BCUT2D eigenvalue weighted by atomic mass is 79.9. The van der Waals surface area contributed by atoms with E-state index in [1.54, 1.807) is 11.3 Å². The Morgan fingerprint density at radius 1 is 1.50 bits per heavy atom. The SMILES string of the molecule is CC(C)(C)Cc1nn2c(c1Br)NCCC2c1nccs1. The molecule has 0 saturated heterocycles. The monoisotopic (exact) mass is 354 g/mol. The number of rotatable bonds is 2. The second kappa shape index (κ2) is 5.15. The van der Waals surface area contributed by atoms with Gasteiger partial charge in [0.05, 0.1) is 10.2 Å². The normalized spacial score (nSPS) is 18.7. The minimum absolute atomic E-state index is 0.226. The molecule has 3 heterocycles. The van der Waals surface area contributed by atoms with E-state index in [0.29, 0.717) is 0 Å². The fourth-order valence-electron chi connectivity index (χ4n) is 2.54. The van der Waals surface area contributed by atoms with Gasteiger partial charge in [0.2, 0.25) is 0 Å². The molecule has 1 N–H and O–H groups in total. The van der Waals surface area contributed by atoms with Crippen LogP contribution < -0.4 is 5.32 Å². The van der Waals surface area contributed by atoms with E-state index >= 15 is 0 Å². The molecule has 0 aliphatic carbocycles. The summed E-state index contributed by atoms with van der Waals surface area (Å²) in [6.45, 7) is 7.68. The van der Waals surface area contributed by atoms with Crippen LogP contribution in [0.5, 0.6) is 0 Å². The summed E-state index contributed by atoms with van der Waals surface area (Å²) in [7, 11) is 0. The van der Waals surface area contributed by atoms with Crippen molar-refractivity contribution in [2.75, 3.05) is 11.9 Å². The number of anilines is 1. The Bertz CT molecular complexity index is 597. The van der Waals surface area contributed by atoms with Crippen molar-refractivity contribution in [2.24, 2.45) is 5.41 Å². The highest BCUT2D eigenvalue weighted by Crippen LogP contribution is 2.38. The van der Waals surface area contributed by atoms with Crippen molar-refractivity contribution in [3.05, 3.63) is 26.8 Å². The zero-order chi connectivity index (χ0) is 14.3. The van der Waals surface area contributed by atoms with Crippen molar-refractivity contribution in [1.82, 2.24) is 14.8 Å². The van der Waals surface area contributed by atoms with Crippen LogP contribution in [0.15, 0.2) is 16.0 Å². The van der Waals surface area contributed by atoms with E-state index in [-0.39, 0.29) is 11.5 Å². The van der Waals surface area contributed by atoms with Crippen LogP contribution >= 0.6 is 27.3 Å². The Kier molecular flexibility index (Phi) is 3.62. The number of hydrogen-bond acceptors (Lipinski definition) is 4. The van der Waals surface area contributed by atoms with Crippen LogP contribution in [0.3, 0.4) is 0 Å². The van der Waals surface area contributed by atoms with Crippen molar-refractivity contribution in [3.8, 4) is 0 Å². The van der Waals surface area contributed by atoms with Crippen molar-refractivity contribution < 1.29 is 0 Å². The molecule has 1 aliphatic heterocycles. The smallest absolute Gasteiger partial charge is 0.139 e. The van der Waals surface area contributed by atoms with E-state index < -0.39 is 0 Å². The molecule has 0 saturated carbocycles. The number of aromatic nitrogens is 3. The highest BCUT2D eigenvalue weighted by molar-refractivity contribution is 9.10. The molecule has 2 aromatic heterocycles. The van der Waals surface area contributed by atoms with Crippen LogP contribution in [0, 0.1) is 5.41 Å². The van der Waals surface area contributed by atoms with Gasteiger partial charge in [-0.25, -0.2) is 9.67 Å². The lowest BCUT2D eigenvalue weighted by molar-refractivity contribution is 0.398. The summed E-state index contributed by atoms with van der Waals surface area (Å²) < 4.78 is 3.21. The van der Waals surface area contributed by atoms with Crippen LogP contribution in [0.25, 0.3) is 0 Å². The van der Waals surface area contributed by atoms with Gasteiger partial charge in [-0.15, -0.1) is 11.3 Å². The quantitative estimate of drug-likeness (QED) is 0.882. The molecule has 6 heteroatoms. The summed E-state index contributed by atoms with van der Waals surface area (Å²) >= 11 is 5.42. The molecule has 0 aromatic carbocycles. The molecule has 1 aliphatic rings. The van der Waals surface area contributed by atoms with Gasteiger partial charge < -0.3 is 5.32 Å². The van der Waals surface area contributed by atoms with Gasteiger partial charge in [0.15, 0.2) is 0 Å². The van der Waals surface area contributed by atoms with Gasteiger partial charge in [0.25, 0.3) is 0 Å². The van der Waals surface area contributed by atoms with E-state index in [0.717, 1.165) is 40.4 Å². The molecule has 1 atom stereocenters. The molecule has 0 radical (unpaired) electrons. The van der Waals surface area contributed by atoms with Crippen LogP contribution in [0.4, 0.5) is 5.82 Å². The summed E-state index contributed by atoms with van der Waals surface area (Å²) in [6, 6.07) is 0.260. The summed E-state index contributed by atoms with van der Waals surface area (Å²) in [4.78, 5) is 4.47. The first-order chi connectivity index (χ1) is 9.46. The summed E-state index contributed by atoms with van der Waals surface area (Å²) in [5, 5.41) is 11.5. The van der Waals surface area contributed by atoms with Crippen molar-refractivity contribution in [3.63, 3.8) is 0 Å². The lowest BCUT2D eigenvalue weighted by Crippen LogP contribution is -2.24. The largest absolute Gasteiger partial charge is 0.369 e. The van der Waals surface area contributed by atoms with Gasteiger partial charge in [-0.3, -0.25) is 0 Å². The average Bonchev–Trinajstić information content (AvgIpc) is 2.97. The zero-order valence-corrected chi connectivity index (χ0v) is 14.4. The third kappa shape index (κ3) is 2.63. The molecule has 3 rings (SSSR count). The number of nitrogens with one attached hydrogen (secondary N) is 1. The molecule has 2 aromatic rings. The Morgan fingerprint density at radius 3 is 2.95 bits per heavy atom. The second-order valence-electron chi connectivity index (χ2n) is 6.39. The maximum atomic E-state index is 4.85. The number of halogens is 1. The van der Waals surface area contributed by atoms with Gasteiger partial charge >= 0.3 is 0 Å². The zero-order valence-electron chi connectivity index (χ0n) is 12.0. The van der Waals surface area contributed by atoms with E-state index in [9.17, 15) is 0 Å². The standard InChI is InChI=1S/C14H19BrN4S/c1-14(2,3)8-9-11(15)12-16-5-4-10(19(12)18-9)13-17-6-7-20-13/h6-7,10,16H,4-5,8H2,1-3H3. The van der Waals surface area contributed by atoms with Crippen LogP contribution in [0.2, 0.25) is 0 Å². The number of nitrogens with zero attached hydrogens (tertiary/aromatic N) is 3. The molecule has 0 amide bonds. The van der Waals surface area contributed by atoms with Gasteiger partial charge in [-0.05, 0) is 34.2 Å². The maximum absolute atomic E-state index is 4.85. The average molecular weight is 355 g/mol. The predicted octanol–water partition coefficient (Wildman–Crippen LogP) is 4.10. The third-order valence-corrected chi connectivity index (χ3v) is 5.07. The van der Waals surface area contributed by atoms with Crippen molar-refractivity contribution >= 4 is 33.1 Å². The molecule has 0 fully saturated rings. The van der Waals surface area contributed by atoms with E-state index in [4.69, 9.17) is 5.10 Å². The van der Waals surface area contributed by atoms with E-state index in [1.807, 2.05) is 11.6 Å². The van der Waals surface area contributed by atoms with Gasteiger partial charge in [0.1, 0.15) is 16.9 Å². The second-order valence-corrected chi connectivity index (χ2v) is 8.11. The number of hydrogen-bond donors (Lipinski definition) is 1. The van der Waals surface area contributed by atoms with E-state index in [2.05, 4.69) is 51.7 Å². The predicted molar refractivity (Wildman–Crippen MR) is 86.4 cm³/mol. The minimum atomic E-state index is 0.226. The summed E-state index contributed by atoms with van der Waals surface area (Å²) in [6.07, 6.45) is 3.86. The summed E-state index contributed by atoms with van der Waals surface area (Å²) in [5.41, 5.74) is 1.35. The summed E-state index contributed by atoms with van der Waals surface area (Å²) in [5.74, 6) is 1.09. The van der Waals surface area contributed by atoms with Gasteiger partial charge in [-0.2, -0.15) is 5.10 Å². The first-order valence-corrected chi connectivity index (χ1v) is 8.53. The molecule has 0 spiro atoms. The molecule has 1 unspecified atom stereocenters. The maximum Gasteiger partial charge on any atom is 0.139 e. The third-order valence-electron chi connectivity index (χ3n) is 3.36. The first-order valence-electron chi connectivity index (χ1n) is 6.86. The molecular weight excluding hydrogens is 336 g/mol. The van der Waals surface area contributed by atoms with Crippen LogP contribution in [0.1, 0.15) is 43.9 Å². The minimum Gasteiger partial charge on any atom is -0.369 e. The van der Waals surface area contributed by atoms with Crippen LogP contribution in [-0.4, -0.2) is 21.3 Å². The molecule has 0 bridgehead atoms. The molecule has 20 heavy (non-hydrogen) atoms. The number of fused-ring (bicyclic) bond motifs is 1. The fourth-order valence-corrected chi connectivity index (χ4v) is 3.84. The van der Waals surface area contributed by atoms with Gasteiger partial charge in [-0.1, -0.05) is 20.8 Å². The van der Waals surface area contributed by atoms with Crippen LogP contribution in [-0.2, 0) is 6.42 Å². The Hall–Kier alpha value is -0.880. The van der Waals surface area contributed by atoms with Crippen molar-refractivity contribution in [1.29, 1.82) is 0 Å². The number of thiazole rings is 1. The molecule has 4 nitrogen and oxygen atoms in total. The highest BCUT2D eigenvalue weighted by Gasteiger charge is 2.29. The topological polar surface area (TPSA) is 42.7 Å². The van der Waals surface area contributed by atoms with E-state index in [1.165, 1.54) is 0 Å². The molecular formula is C14H19BrN4S. The lowest BCUT2D eigenvalue weighted by Gasteiger charge is -2.24. The Balaban J connectivity index is 2.00. The van der Waals surface area contributed by atoms with Gasteiger partial charge in [0, 0.05) is 18.1 Å².